The Labute approximate surface area is 151 Å². The molecule has 4 heteroatoms. The minimum absolute atomic E-state index is 0.00412. The van der Waals surface area contributed by atoms with Crippen LogP contribution in [0.25, 0.3) is 15.8 Å². The first-order valence-electron chi connectivity index (χ1n) is 7.79. The lowest BCUT2D eigenvalue weighted by atomic mass is 10.1. The average molecular weight is 356 g/mol. The van der Waals surface area contributed by atoms with Gasteiger partial charge in [-0.1, -0.05) is 36.7 Å². The number of fused-ring (bicyclic) bond motifs is 1. The molecule has 0 radical (unpaired) electrons. The van der Waals surface area contributed by atoms with E-state index in [2.05, 4.69) is 29.8 Å². The van der Waals surface area contributed by atoms with Gasteiger partial charge in [-0.2, -0.15) is 0 Å². The Kier molecular flexibility index (Phi) is 5.12. The maximum Gasteiger partial charge on any atom is 0.186 e. The summed E-state index contributed by atoms with van der Waals surface area (Å²) in [4.78, 5) is 13.6. The third-order valence-electron chi connectivity index (χ3n) is 3.85. The Morgan fingerprint density at radius 1 is 1.17 bits per heavy atom. The van der Waals surface area contributed by atoms with E-state index in [1.807, 2.05) is 19.2 Å². The molecule has 1 aromatic heterocycles. The van der Waals surface area contributed by atoms with E-state index in [1.165, 1.54) is 0 Å². The van der Waals surface area contributed by atoms with E-state index < -0.39 is 0 Å². The van der Waals surface area contributed by atoms with Crippen LogP contribution < -0.4 is 0 Å². The molecule has 0 bridgehead atoms. The molecule has 0 aliphatic heterocycles. The largest absolute Gasteiger partial charge is 0.350 e. The summed E-state index contributed by atoms with van der Waals surface area (Å²) in [6.07, 6.45) is 3.83. The third kappa shape index (κ3) is 3.42. The highest BCUT2D eigenvalue weighted by atomic mass is 35.5. The lowest BCUT2D eigenvalue weighted by molar-refractivity contribution is 0.104. The van der Waals surface area contributed by atoms with Crippen molar-refractivity contribution in [2.75, 3.05) is 5.75 Å². The molecule has 0 unspecified atom stereocenters. The maximum absolute atomic E-state index is 12.6. The standard InChI is InChI=1S/C20H18ClNOS/c1-3-24-20(12-19(23)14-8-10-15(21)11-9-14)17-13-22(2)18-7-5-4-6-16(17)18/h4-13H,3H2,1-2H3. The number of halogens is 1. The number of hydrogen-bond acceptors (Lipinski definition) is 2. The van der Waals surface area contributed by atoms with Crippen molar-refractivity contribution in [2.24, 2.45) is 7.05 Å². The van der Waals surface area contributed by atoms with Gasteiger partial charge in [0, 0.05) is 51.3 Å². The highest BCUT2D eigenvalue weighted by Gasteiger charge is 2.13. The van der Waals surface area contributed by atoms with Gasteiger partial charge in [-0.15, -0.1) is 11.8 Å². The molecule has 0 saturated heterocycles. The summed E-state index contributed by atoms with van der Waals surface area (Å²) in [5.74, 6) is 0.902. The van der Waals surface area contributed by atoms with Gasteiger partial charge < -0.3 is 4.57 Å². The highest BCUT2D eigenvalue weighted by Crippen LogP contribution is 2.34. The van der Waals surface area contributed by atoms with Crippen LogP contribution in [-0.4, -0.2) is 16.1 Å². The fraction of sp³-hybridized carbons (Fsp3) is 0.150. The molecule has 0 aliphatic carbocycles. The second kappa shape index (κ2) is 7.29. The second-order valence-electron chi connectivity index (χ2n) is 5.48. The predicted molar refractivity (Wildman–Crippen MR) is 105 cm³/mol. The molecule has 3 aromatic rings. The maximum atomic E-state index is 12.6. The number of carbonyl (C=O) groups excluding carboxylic acids is 1. The van der Waals surface area contributed by atoms with Crippen LogP contribution in [0.15, 0.2) is 60.8 Å². The summed E-state index contributed by atoms with van der Waals surface area (Å²) in [6, 6.07) is 15.3. The van der Waals surface area contributed by atoms with Crippen molar-refractivity contribution in [1.29, 1.82) is 0 Å². The summed E-state index contributed by atoms with van der Waals surface area (Å²) in [7, 11) is 2.03. The van der Waals surface area contributed by atoms with E-state index in [0.717, 1.165) is 27.1 Å². The molecule has 1 heterocycles. The first kappa shape index (κ1) is 16.9. The van der Waals surface area contributed by atoms with Gasteiger partial charge in [0.05, 0.1) is 0 Å². The van der Waals surface area contributed by atoms with Crippen molar-refractivity contribution in [1.82, 2.24) is 4.57 Å². The molecule has 0 fully saturated rings. The molecule has 0 saturated carbocycles. The molecular weight excluding hydrogens is 338 g/mol. The molecular formula is C20H18ClNOS. The Hall–Kier alpha value is -1.97. The lowest BCUT2D eigenvalue weighted by Crippen LogP contribution is -1.95. The molecule has 0 aliphatic rings. The van der Waals surface area contributed by atoms with Crippen LogP contribution in [0.4, 0.5) is 0 Å². The summed E-state index contributed by atoms with van der Waals surface area (Å²) in [5, 5.41) is 1.80. The van der Waals surface area contributed by atoms with Crippen LogP contribution in [-0.2, 0) is 7.05 Å². The van der Waals surface area contributed by atoms with E-state index in [9.17, 15) is 4.79 Å². The zero-order chi connectivity index (χ0) is 17.1. The van der Waals surface area contributed by atoms with Gasteiger partial charge in [0.15, 0.2) is 5.78 Å². The number of carbonyl (C=O) groups is 1. The Morgan fingerprint density at radius 3 is 2.58 bits per heavy atom. The number of aryl methyl sites for hydroxylation is 1. The topological polar surface area (TPSA) is 22.0 Å². The summed E-state index contributed by atoms with van der Waals surface area (Å²) < 4.78 is 2.10. The van der Waals surface area contributed by atoms with E-state index in [4.69, 9.17) is 11.6 Å². The SMILES string of the molecule is CCSC(=CC(=O)c1ccc(Cl)cc1)c1cn(C)c2ccccc12. The number of para-hydroxylation sites is 1. The van der Waals surface area contributed by atoms with Crippen molar-refractivity contribution in [2.45, 2.75) is 6.92 Å². The molecule has 0 amide bonds. The number of nitrogens with zero attached hydrogens (tertiary/aromatic N) is 1. The normalized spacial score (nSPS) is 11.9. The lowest BCUT2D eigenvalue weighted by Gasteiger charge is -2.05. The van der Waals surface area contributed by atoms with Crippen molar-refractivity contribution in [3.8, 4) is 0 Å². The van der Waals surface area contributed by atoms with Crippen LogP contribution in [0, 0.1) is 0 Å². The highest BCUT2D eigenvalue weighted by molar-refractivity contribution is 8.08. The minimum Gasteiger partial charge on any atom is -0.350 e. The molecule has 122 valence electrons. The van der Waals surface area contributed by atoms with Crippen LogP contribution >= 0.6 is 23.4 Å². The smallest absolute Gasteiger partial charge is 0.186 e. The van der Waals surface area contributed by atoms with Gasteiger partial charge in [0.2, 0.25) is 0 Å². The van der Waals surface area contributed by atoms with Crippen LogP contribution in [0.2, 0.25) is 5.02 Å². The Balaban J connectivity index is 2.05. The molecule has 24 heavy (non-hydrogen) atoms. The van der Waals surface area contributed by atoms with E-state index in [-0.39, 0.29) is 5.78 Å². The van der Waals surface area contributed by atoms with Crippen LogP contribution in [0.5, 0.6) is 0 Å². The van der Waals surface area contributed by atoms with Crippen molar-refractivity contribution < 1.29 is 4.79 Å². The second-order valence-corrected chi connectivity index (χ2v) is 7.23. The van der Waals surface area contributed by atoms with E-state index in [1.54, 1.807) is 42.1 Å². The average Bonchev–Trinajstić information content (AvgIpc) is 2.92. The van der Waals surface area contributed by atoms with E-state index >= 15 is 0 Å². The molecule has 0 spiro atoms. The van der Waals surface area contributed by atoms with Crippen molar-refractivity contribution in [3.63, 3.8) is 0 Å². The van der Waals surface area contributed by atoms with Crippen LogP contribution in [0.1, 0.15) is 22.8 Å². The monoisotopic (exact) mass is 355 g/mol. The zero-order valence-electron chi connectivity index (χ0n) is 13.6. The van der Waals surface area contributed by atoms with Crippen molar-refractivity contribution in [3.05, 3.63) is 77.0 Å². The Morgan fingerprint density at radius 2 is 1.88 bits per heavy atom. The fourth-order valence-corrected chi connectivity index (χ4v) is 3.65. The van der Waals surface area contributed by atoms with Crippen LogP contribution in [0.3, 0.4) is 0 Å². The van der Waals surface area contributed by atoms with Gasteiger partial charge in [0.1, 0.15) is 0 Å². The summed E-state index contributed by atoms with van der Waals surface area (Å²) >= 11 is 7.59. The summed E-state index contributed by atoms with van der Waals surface area (Å²) in [6.45, 7) is 2.09. The predicted octanol–water partition coefficient (Wildman–Crippen LogP) is 5.81. The number of ketones is 1. The van der Waals surface area contributed by atoms with Gasteiger partial charge in [-0.3, -0.25) is 4.79 Å². The number of thioether (sulfide) groups is 1. The number of rotatable bonds is 5. The molecule has 2 aromatic carbocycles. The first-order valence-corrected chi connectivity index (χ1v) is 9.15. The number of benzene rings is 2. The number of aromatic nitrogens is 1. The minimum atomic E-state index is -0.00412. The molecule has 2 nitrogen and oxygen atoms in total. The van der Waals surface area contributed by atoms with Crippen molar-refractivity contribution >= 4 is 45.0 Å². The quantitative estimate of drug-likeness (QED) is 0.425. The van der Waals surface area contributed by atoms with Gasteiger partial charge in [-0.05, 0) is 36.1 Å². The Bertz CT molecular complexity index is 909. The van der Waals surface area contributed by atoms with E-state index in [0.29, 0.717) is 10.6 Å². The third-order valence-corrected chi connectivity index (χ3v) is 5.04. The number of hydrogen-bond donors (Lipinski definition) is 0. The summed E-state index contributed by atoms with van der Waals surface area (Å²) in [5.41, 5.74) is 2.91. The fourth-order valence-electron chi connectivity index (χ4n) is 2.71. The molecule has 0 atom stereocenters. The molecule has 0 N–H and O–H groups in total. The zero-order valence-corrected chi connectivity index (χ0v) is 15.2. The van der Waals surface area contributed by atoms with Gasteiger partial charge in [-0.25, -0.2) is 0 Å². The van der Waals surface area contributed by atoms with Gasteiger partial charge >= 0.3 is 0 Å². The number of allylic oxidation sites excluding steroid dienone is 1. The molecule has 3 rings (SSSR count). The van der Waals surface area contributed by atoms with Gasteiger partial charge in [0.25, 0.3) is 0 Å². The first-order chi connectivity index (χ1) is 11.6.